The van der Waals surface area contributed by atoms with E-state index >= 15 is 0 Å². The van der Waals surface area contributed by atoms with E-state index in [0.717, 1.165) is 9.13 Å². The fraction of sp³-hybridized carbons (Fsp3) is 0.286. The van der Waals surface area contributed by atoms with Crippen LogP contribution in [0.25, 0.3) is 11.0 Å². The molecular weight excluding hydrogens is 719 g/mol. The number of carbonyl (C=O) groups is 2. The van der Waals surface area contributed by atoms with Gasteiger partial charge < -0.3 is 39.1 Å². The highest BCUT2D eigenvalue weighted by atomic mass is 127. The summed E-state index contributed by atoms with van der Waals surface area (Å²) in [5, 5.41) is 24.4. The van der Waals surface area contributed by atoms with Crippen molar-refractivity contribution in [3.05, 3.63) is 110 Å². The van der Waals surface area contributed by atoms with E-state index in [0.29, 0.717) is 28.2 Å². The van der Waals surface area contributed by atoms with Crippen LogP contribution in [0.4, 0.5) is 0 Å². The zero-order valence-corrected chi connectivity index (χ0v) is 28.0. The molecule has 1 heterocycles. The monoisotopic (exact) mass is 754 g/mol. The van der Waals surface area contributed by atoms with Crippen molar-refractivity contribution in [2.45, 2.75) is 31.1 Å². The summed E-state index contributed by atoms with van der Waals surface area (Å²) in [5.41, 5.74) is 0.266. The number of methoxy groups -OCH3 is 2. The van der Waals surface area contributed by atoms with Crippen LogP contribution in [-0.4, -0.2) is 79.1 Å². The average molecular weight is 755 g/mol. The molecule has 246 valence electrons. The highest BCUT2D eigenvalue weighted by molar-refractivity contribution is 14.1. The van der Waals surface area contributed by atoms with E-state index < -0.39 is 35.7 Å². The summed E-state index contributed by atoms with van der Waals surface area (Å²) in [6.45, 7) is -0.225. The van der Waals surface area contributed by atoms with Crippen LogP contribution < -0.4 is 25.2 Å². The molecule has 0 saturated heterocycles. The molecule has 1 aliphatic carbocycles. The van der Waals surface area contributed by atoms with E-state index in [1.807, 2.05) is 12.1 Å². The van der Waals surface area contributed by atoms with Crippen LogP contribution in [0.3, 0.4) is 0 Å². The molecule has 3 N–H and O–H groups in total. The van der Waals surface area contributed by atoms with E-state index in [2.05, 4.69) is 27.9 Å². The molecular formula is C35H35IN2O9. The Morgan fingerprint density at radius 1 is 1.02 bits per heavy atom. The molecule has 5 rings (SSSR count). The van der Waals surface area contributed by atoms with E-state index in [4.69, 9.17) is 18.6 Å². The molecule has 3 atom stereocenters. The molecule has 11 nitrogen and oxygen atoms in total. The largest absolute Gasteiger partial charge is 0.497 e. The van der Waals surface area contributed by atoms with Crippen LogP contribution >= 0.6 is 22.6 Å². The van der Waals surface area contributed by atoms with Gasteiger partial charge in [0.1, 0.15) is 40.6 Å². The SMILES string of the molecule is COc1ccc(OC)c(CCN(C(=O)c2cc3ccccc3oc2=O)C2CC(C(=O)NCCO)=CC(Oc3ccccc3I)C2O)c1. The van der Waals surface area contributed by atoms with Crippen LogP contribution in [0.15, 0.2) is 93.7 Å². The second-order valence-corrected chi connectivity index (χ2v) is 12.0. The Balaban J connectivity index is 1.58. The molecule has 0 saturated carbocycles. The molecule has 3 aromatic carbocycles. The van der Waals surface area contributed by atoms with Crippen molar-refractivity contribution in [1.82, 2.24) is 10.2 Å². The maximum atomic E-state index is 14.4. The number of benzene rings is 3. The molecule has 0 bridgehead atoms. The van der Waals surface area contributed by atoms with Crippen molar-refractivity contribution < 1.29 is 38.4 Å². The lowest BCUT2D eigenvalue weighted by atomic mass is 9.87. The Labute approximate surface area is 284 Å². The lowest BCUT2D eigenvalue weighted by Gasteiger charge is -2.40. The molecule has 47 heavy (non-hydrogen) atoms. The molecule has 0 aliphatic heterocycles. The van der Waals surface area contributed by atoms with Crippen LogP contribution in [0.5, 0.6) is 17.2 Å². The number of halogens is 1. The van der Waals surface area contributed by atoms with Crippen molar-refractivity contribution in [2.75, 3.05) is 33.9 Å². The summed E-state index contributed by atoms with van der Waals surface area (Å²) >= 11 is 2.11. The number of carbonyl (C=O) groups excluding carboxylic acids is 2. The second kappa shape index (κ2) is 15.5. The van der Waals surface area contributed by atoms with Crippen LogP contribution in [0.2, 0.25) is 0 Å². The fourth-order valence-corrected chi connectivity index (χ4v) is 6.08. The summed E-state index contributed by atoms with van der Waals surface area (Å²) in [5.74, 6) is 0.484. The maximum absolute atomic E-state index is 14.4. The van der Waals surface area contributed by atoms with Gasteiger partial charge in [-0.3, -0.25) is 9.59 Å². The molecule has 12 heteroatoms. The summed E-state index contributed by atoms with van der Waals surface area (Å²) in [6.07, 6.45) is -0.594. The summed E-state index contributed by atoms with van der Waals surface area (Å²) < 4.78 is 23.5. The highest BCUT2D eigenvalue weighted by Crippen LogP contribution is 2.31. The highest BCUT2D eigenvalue weighted by Gasteiger charge is 2.41. The Morgan fingerprint density at radius 2 is 1.79 bits per heavy atom. The fourth-order valence-electron chi connectivity index (χ4n) is 5.57. The smallest absolute Gasteiger partial charge is 0.349 e. The van der Waals surface area contributed by atoms with Crippen LogP contribution in [0.1, 0.15) is 22.3 Å². The van der Waals surface area contributed by atoms with Crippen LogP contribution in [-0.2, 0) is 11.2 Å². The first-order valence-electron chi connectivity index (χ1n) is 15.0. The second-order valence-electron chi connectivity index (χ2n) is 10.9. The third-order valence-electron chi connectivity index (χ3n) is 7.96. The molecule has 4 aromatic rings. The van der Waals surface area contributed by atoms with Gasteiger partial charge in [0.2, 0.25) is 5.91 Å². The number of aliphatic hydroxyl groups excluding tert-OH is 2. The number of hydrogen-bond donors (Lipinski definition) is 3. The minimum Gasteiger partial charge on any atom is -0.497 e. The topological polar surface area (TPSA) is 148 Å². The van der Waals surface area contributed by atoms with Gasteiger partial charge in [0.15, 0.2) is 0 Å². The molecule has 0 radical (unpaired) electrons. The van der Waals surface area contributed by atoms with Gasteiger partial charge in [0, 0.05) is 30.5 Å². The van der Waals surface area contributed by atoms with Crippen molar-refractivity contribution >= 4 is 45.4 Å². The van der Waals surface area contributed by atoms with Gasteiger partial charge in [-0.15, -0.1) is 0 Å². The van der Waals surface area contributed by atoms with Gasteiger partial charge in [-0.25, -0.2) is 4.79 Å². The normalized spacial score (nSPS) is 17.5. The molecule has 1 aliphatic rings. The number of para-hydroxylation sites is 2. The quantitative estimate of drug-likeness (QED) is 0.146. The van der Waals surface area contributed by atoms with Gasteiger partial charge >= 0.3 is 5.63 Å². The van der Waals surface area contributed by atoms with Crippen LogP contribution in [0, 0.1) is 3.57 Å². The minimum atomic E-state index is -1.30. The van der Waals surface area contributed by atoms with E-state index in [1.54, 1.807) is 61.7 Å². The van der Waals surface area contributed by atoms with Crippen molar-refractivity contribution in [3.63, 3.8) is 0 Å². The van der Waals surface area contributed by atoms with E-state index in [1.165, 1.54) is 24.2 Å². The Hall–Kier alpha value is -4.40. The van der Waals surface area contributed by atoms with Crippen molar-refractivity contribution in [3.8, 4) is 17.2 Å². The standard InChI is InChI=1S/C35H35IN2O9/c1-44-24-11-12-28(45-2)22(17-24)13-15-38(34(42)25-18-21-7-3-5-9-29(21)47-35(25)43)27-19-23(33(41)37-14-16-39)20-31(32(27)40)46-30-10-6-4-8-26(30)36/h3-12,17-18,20,27,31-32,39-40H,13-16,19H2,1-2H3,(H,37,41). The zero-order chi connectivity index (χ0) is 33.5. The molecule has 1 aromatic heterocycles. The predicted molar refractivity (Wildman–Crippen MR) is 183 cm³/mol. The first-order chi connectivity index (χ1) is 22.7. The van der Waals surface area contributed by atoms with Crippen molar-refractivity contribution in [1.29, 1.82) is 0 Å². The number of ether oxygens (including phenoxy) is 3. The zero-order valence-electron chi connectivity index (χ0n) is 25.9. The average Bonchev–Trinajstić information content (AvgIpc) is 3.08. The number of nitrogens with one attached hydrogen (secondary N) is 1. The van der Waals surface area contributed by atoms with Gasteiger partial charge in [-0.1, -0.05) is 30.3 Å². The van der Waals surface area contributed by atoms with E-state index in [-0.39, 0.29) is 43.7 Å². The third kappa shape index (κ3) is 7.77. The summed E-state index contributed by atoms with van der Waals surface area (Å²) in [7, 11) is 3.08. The third-order valence-corrected chi connectivity index (χ3v) is 8.85. The molecule has 3 unspecified atom stereocenters. The Bertz CT molecular complexity index is 1840. The van der Waals surface area contributed by atoms with Crippen molar-refractivity contribution in [2.24, 2.45) is 0 Å². The number of amides is 2. The first-order valence-corrected chi connectivity index (χ1v) is 16.1. The Morgan fingerprint density at radius 3 is 2.53 bits per heavy atom. The lowest BCUT2D eigenvalue weighted by Crippen LogP contribution is -2.56. The number of hydrogen-bond acceptors (Lipinski definition) is 9. The maximum Gasteiger partial charge on any atom is 0.349 e. The number of nitrogens with zero attached hydrogens (tertiary/aromatic N) is 1. The summed E-state index contributed by atoms with van der Waals surface area (Å²) in [6, 6.07) is 19.9. The van der Waals surface area contributed by atoms with E-state index in [9.17, 15) is 24.6 Å². The molecule has 2 amide bonds. The number of rotatable bonds is 12. The number of fused-ring (bicyclic) bond motifs is 1. The van der Waals surface area contributed by atoms with Gasteiger partial charge in [-0.05, 0) is 83.1 Å². The number of aliphatic hydroxyl groups is 2. The van der Waals surface area contributed by atoms with Gasteiger partial charge in [0.25, 0.3) is 5.91 Å². The van der Waals surface area contributed by atoms with Gasteiger partial charge in [0.05, 0.1) is 30.4 Å². The van der Waals surface area contributed by atoms with Gasteiger partial charge in [-0.2, -0.15) is 0 Å². The Kier molecular flexibility index (Phi) is 11.2. The lowest BCUT2D eigenvalue weighted by molar-refractivity contribution is -0.118. The predicted octanol–water partition coefficient (Wildman–Crippen LogP) is 3.72. The first kappa shape index (κ1) is 33.9. The molecule has 0 fully saturated rings. The minimum absolute atomic E-state index is 0.0158. The summed E-state index contributed by atoms with van der Waals surface area (Å²) in [4.78, 5) is 42.3. The molecule has 0 spiro atoms.